The van der Waals surface area contributed by atoms with Gasteiger partial charge in [0.15, 0.2) is 5.16 Å². The van der Waals surface area contributed by atoms with Gasteiger partial charge in [-0.05, 0) is 31.2 Å². The Balaban J connectivity index is 1.38. The van der Waals surface area contributed by atoms with E-state index in [1.54, 1.807) is 0 Å². The Morgan fingerprint density at radius 2 is 1.97 bits per heavy atom. The molecule has 8 heteroatoms. The van der Waals surface area contributed by atoms with Crippen LogP contribution in [0.2, 0.25) is 0 Å². The molecule has 1 aromatic heterocycles. The largest absolute Gasteiger partial charge is 0.376 e. The first kappa shape index (κ1) is 20.9. The van der Waals surface area contributed by atoms with Crippen LogP contribution in [0.1, 0.15) is 25.7 Å². The fraction of sp³-hybridized carbons (Fsp3) is 0.500. The van der Waals surface area contributed by atoms with Crippen molar-refractivity contribution in [1.82, 2.24) is 19.8 Å². The lowest BCUT2D eigenvalue weighted by molar-refractivity contribution is -0.131. The van der Waals surface area contributed by atoms with E-state index in [-0.39, 0.29) is 30.2 Å². The monoisotopic (exact) mass is 428 g/mol. The summed E-state index contributed by atoms with van der Waals surface area (Å²) in [4.78, 5) is 30.8. The summed E-state index contributed by atoms with van der Waals surface area (Å²) in [5, 5.41) is 3.54. The molecule has 0 bridgehead atoms. The summed E-state index contributed by atoms with van der Waals surface area (Å²) in [6.45, 7) is 3.19. The van der Waals surface area contributed by atoms with Crippen molar-refractivity contribution in [3.05, 3.63) is 36.5 Å². The third-order valence-electron chi connectivity index (χ3n) is 5.53. The summed E-state index contributed by atoms with van der Waals surface area (Å²) in [6.07, 6.45) is 6.25. The normalized spacial score (nSPS) is 18.7. The summed E-state index contributed by atoms with van der Waals surface area (Å²) in [7, 11) is 0. The van der Waals surface area contributed by atoms with Crippen LogP contribution < -0.4 is 5.32 Å². The first-order valence-electron chi connectivity index (χ1n) is 10.6. The Labute approximate surface area is 181 Å². The Hall–Kier alpha value is -2.32. The van der Waals surface area contributed by atoms with Crippen LogP contribution in [-0.4, -0.2) is 64.4 Å². The summed E-state index contributed by atoms with van der Waals surface area (Å²) in [5.74, 6) is 0.0712. The zero-order chi connectivity index (χ0) is 20.8. The number of aromatic nitrogens is 2. The number of ether oxygens (including phenoxy) is 1. The van der Waals surface area contributed by atoms with Gasteiger partial charge in [-0.3, -0.25) is 9.59 Å². The first-order chi connectivity index (χ1) is 14.7. The third kappa shape index (κ3) is 5.23. The number of benzene rings is 1. The van der Waals surface area contributed by atoms with Crippen molar-refractivity contribution in [2.45, 2.75) is 43.5 Å². The summed E-state index contributed by atoms with van der Waals surface area (Å²) in [5.41, 5.74) is 2.12. The Bertz CT molecular complexity index is 859. The van der Waals surface area contributed by atoms with Crippen LogP contribution in [0.3, 0.4) is 0 Å². The van der Waals surface area contributed by atoms with Gasteiger partial charge in [-0.1, -0.05) is 42.1 Å². The number of carbonyl (C=O) groups excluding carboxylic acids is 2. The van der Waals surface area contributed by atoms with E-state index >= 15 is 0 Å². The molecule has 1 aromatic carbocycles. The van der Waals surface area contributed by atoms with Gasteiger partial charge in [-0.25, -0.2) is 4.98 Å². The fourth-order valence-electron chi connectivity index (χ4n) is 3.92. The molecule has 30 heavy (non-hydrogen) atoms. The van der Waals surface area contributed by atoms with Crippen molar-refractivity contribution in [3.8, 4) is 11.3 Å². The highest BCUT2D eigenvalue weighted by Gasteiger charge is 2.22. The molecule has 160 valence electrons. The minimum Gasteiger partial charge on any atom is -0.376 e. The van der Waals surface area contributed by atoms with Crippen LogP contribution in [0.15, 0.2) is 41.7 Å². The number of nitrogens with zero attached hydrogens (tertiary/aromatic N) is 3. The number of hydrogen-bond acceptors (Lipinski definition) is 5. The van der Waals surface area contributed by atoms with Crippen molar-refractivity contribution in [2.75, 3.05) is 32.0 Å². The number of amides is 2. The zero-order valence-corrected chi connectivity index (χ0v) is 17.9. The molecule has 0 aliphatic carbocycles. The van der Waals surface area contributed by atoms with Crippen molar-refractivity contribution >= 4 is 23.6 Å². The van der Waals surface area contributed by atoms with Crippen LogP contribution in [0, 0.1) is 0 Å². The van der Waals surface area contributed by atoms with Crippen molar-refractivity contribution < 1.29 is 14.3 Å². The highest BCUT2D eigenvalue weighted by Crippen LogP contribution is 2.28. The molecule has 2 aliphatic rings. The van der Waals surface area contributed by atoms with E-state index in [0.29, 0.717) is 0 Å². The molecular weight excluding hydrogens is 400 g/mol. The van der Waals surface area contributed by atoms with Crippen molar-refractivity contribution in [1.29, 1.82) is 0 Å². The Kier molecular flexibility index (Phi) is 7.07. The SMILES string of the molecule is O=C(CSc1ncc(-c2ccccc2)n1CC1CCCO1)NCC(=O)N1CCCC1. The van der Waals surface area contributed by atoms with Gasteiger partial charge in [0.05, 0.1) is 36.8 Å². The molecule has 2 amide bonds. The Morgan fingerprint density at radius 1 is 1.17 bits per heavy atom. The number of nitrogens with one attached hydrogen (secondary N) is 1. The summed E-state index contributed by atoms with van der Waals surface area (Å²) in [6, 6.07) is 10.1. The number of rotatable bonds is 8. The van der Waals surface area contributed by atoms with E-state index in [9.17, 15) is 9.59 Å². The van der Waals surface area contributed by atoms with E-state index in [4.69, 9.17) is 4.74 Å². The van der Waals surface area contributed by atoms with E-state index in [0.717, 1.165) is 68.3 Å². The smallest absolute Gasteiger partial charge is 0.241 e. The number of carbonyl (C=O) groups is 2. The van der Waals surface area contributed by atoms with Gasteiger partial charge in [0.1, 0.15) is 0 Å². The second-order valence-corrected chi connectivity index (χ2v) is 8.63. The van der Waals surface area contributed by atoms with Crippen LogP contribution >= 0.6 is 11.8 Å². The van der Waals surface area contributed by atoms with Gasteiger partial charge in [0.2, 0.25) is 11.8 Å². The van der Waals surface area contributed by atoms with Crippen LogP contribution in [0.5, 0.6) is 0 Å². The maximum Gasteiger partial charge on any atom is 0.241 e. The standard InChI is InChI=1S/C22H28N4O3S/c27-20(23-14-21(28)25-10-4-5-11-25)16-30-22-24-13-19(17-7-2-1-3-8-17)26(22)15-18-9-6-12-29-18/h1-3,7-8,13,18H,4-6,9-12,14-16H2,(H,23,27). The third-order valence-corrected chi connectivity index (χ3v) is 6.52. The van der Waals surface area contributed by atoms with E-state index in [2.05, 4.69) is 27.0 Å². The average Bonchev–Trinajstić information content (AvgIpc) is 3.54. The van der Waals surface area contributed by atoms with Crippen LogP contribution in [-0.2, 0) is 20.9 Å². The van der Waals surface area contributed by atoms with Gasteiger partial charge in [-0.15, -0.1) is 0 Å². The van der Waals surface area contributed by atoms with E-state index < -0.39 is 0 Å². The van der Waals surface area contributed by atoms with Gasteiger partial charge in [-0.2, -0.15) is 0 Å². The molecule has 1 atom stereocenters. The lowest BCUT2D eigenvalue weighted by atomic mass is 10.1. The second kappa shape index (κ2) is 10.1. The van der Waals surface area contributed by atoms with Crippen LogP contribution in [0.4, 0.5) is 0 Å². The maximum absolute atomic E-state index is 12.3. The number of hydrogen-bond donors (Lipinski definition) is 1. The van der Waals surface area contributed by atoms with E-state index in [1.807, 2.05) is 29.3 Å². The molecule has 4 rings (SSSR count). The van der Waals surface area contributed by atoms with Gasteiger partial charge >= 0.3 is 0 Å². The number of imidazole rings is 1. The molecule has 7 nitrogen and oxygen atoms in total. The zero-order valence-electron chi connectivity index (χ0n) is 17.1. The first-order valence-corrected chi connectivity index (χ1v) is 11.6. The topological polar surface area (TPSA) is 76.5 Å². The highest BCUT2D eigenvalue weighted by atomic mass is 32.2. The molecular formula is C22H28N4O3S. The lowest BCUT2D eigenvalue weighted by Gasteiger charge is -2.16. The summed E-state index contributed by atoms with van der Waals surface area (Å²) >= 11 is 1.40. The molecule has 3 heterocycles. The molecule has 2 saturated heterocycles. The molecule has 0 spiro atoms. The molecule has 2 aromatic rings. The minimum atomic E-state index is -0.152. The predicted molar refractivity (Wildman–Crippen MR) is 116 cm³/mol. The average molecular weight is 429 g/mol. The molecule has 2 aliphatic heterocycles. The molecule has 0 saturated carbocycles. The second-order valence-electron chi connectivity index (χ2n) is 7.69. The number of likely N-dealkylation sites (tertiary alicyclic amines) is 1. The lowest BCUT2D eigenvalue weighted by Crippen LogP contribution is -2.39. The fourth-order valence-corrected chi connectivity index (χ4v) is 4.73. The van der Waals surface area contributed by atoms with Gasteiger partial charge in [0.25, 0.3) is 0 Å². The van der Waals surface area contributed by atoms with Crippen molar-refractivity contribution in [3.63, 3.8) is 0 Å². The Morgan fingerprint density at radius 3 is 2.70 bits per heavy atom. The number of thioether (sulfide) groups is 1. The molecule has 1 N–H and O–H groups in total. The summed E-state index contributed by atoms with van der Waals surface area (Å²) < 4.78 is 7.98. The predicted octanol–water partition coefficient (Wildman–Crippen LogP) is 2.56. The van der Waals surface area contributed by atoms with Gasteiger partial charge < -0.3 is 19.5 Å². The highest BCUT2D eigenvalue weighted by molar-refractivity contribution is 7.99. The van der Waals surface area contributed by atoms with Gasteiger partial charge in [0, 0.05) is 19.7 Å². The molecule has 2 fully saturated rings. The maximum atomic E-state index is 12.3. The molecule has 1 unspecified atom stereocenters. The van der Waals surface area contributed by atoms with Crippen molar-refractivity contribution in [2.24, 2.45) is 0 Å². The van der Waals surface area contributed by atoms with E-state index in [1.165, 1.54) is 11.8 Å². The minimum absolute atomic E-state index is 0.00269. The molecule has 0 radical (unpaired) electrons. The van der Waals surface area contributed by atoms with Crippen LogP contribution in [0.25, 0.3) is 11.3 Å². The quantitative estimate of drug-likeness (QED) is 0.654.